The molecule has 1 aliphatic heterocycles. The topological polar surface area (TPSA) is 89.6 Å². The van der Waals surface area contributed by atoms with Crippen LogP contribution in [0.15, 0.2) is 54.6 Å². The number of urea groups is 1. The average molecular weight is 473 g/mol. The van der Waals surface area contributed by atoms with Crippen LogP contribution in [0.3, 0.4) is 0 Å². The minimum Gasteiger partial charge on any atom is -0.457 e. The molecular weight excluding hydrogens is 440 g/mol. The summed E-state index contributed by atoms with van der Waals surface area (Å²) in [5, 5.41) is 3.03. The van der Waals surface area contributed by atoms with E-state index >= 15 is 0 Å². The monoisotopic (exact) mass is 472 g/mol. The van der Waals surface area contributed by atoms with E-state index in [0.29, 0.717) is 31.1 Å². The van der Waals surface area contributed by atoms with Crippen molar-refractivity contribution < 1.29 is 14.3 Å². The van der Waals surface area contributed by atoms with Gasteiger partial charge in [0.1, 0.15) is 11.5 Å². The van der Waals surface area contributed by atoms with Crippen molar-refractivity contribution in [1.82, 2.24) is 14.8 Å². The van der Waals surface area contributed by atoms with Crippen LogP contribution < -0.4 is 15.8 Å². The van der Waals surface area contributed by atoms with Gasteiger partial charge in [-0.3, -0.25) is 4.79 Å². The molecular formula is C28H32N4O3. The number of amides is 3. The Hall–Kier alpha value is -3.74. The number of carbonyl (C=O) groups is 2. The molecule has 2 heterocycles. The van der Waals surface area contributed by atoms with Gasteiger partial charge in [0.25, 0.3) is 5.91 Å². The predicted molar refractivity (Wildman–Crippen MR) is 136 cm³/mol. The highest BCUT2D eigenvalue weighted by Crippen LogP contribution is 2.48. The Bertz CT molecular complexity index is 1250. The molecule has 182 valence electrons. The van der Waals surface area contributed by atoms with Gasteiger partial charge >= 0.3 is 6.03 Å². The summed E-state index contributed by atoms with van der Waals surface area (Å²) < 4.78 is 8.19. The number of hydrogen-bond donors (Lipinski definition) is 2. The number of nitrogens with two attached hydrogens (primary N) is 1. The molecule has 0 unspecified atom stereocenters. The molecule has 0 bridgehead atoms. The molecule has 1 aliphatic carbocycles. The van der Waals surface area contributed by atoms with E-state index in [4.69, 9.17) is 10.5 Å². The quantitative estimate of drug-likeness (QED) is 0.532. The van der Waals surface area contributed by atoms with Gasteiger partial charge in [0.2, 0.25) is 0 Å². The first-order valence-electron chi connectivity index (χ1n) is 12.2. The number of nitrogens with one attached hydrogen (secondary N) is 1. The zero-order chi connectivity index (χ0) is 24.7. The third kappa shape index (κ3) is 4.76. The summed E-state index contributed by atoms with van der Waals surface area (Å²) in [6.45, 7) is 7.47. The molecule has 2 aromatic carbocycles. The molecule has 0 atom stereocenters. The van der Waals surface area contributed by atoms with Crippen LogP contribution in [0.4, 0.5) is 4.79 Å². The summed E-state index contributed by atoms with van der Waals surface area (Å²) in [5.41, 5.74) is 9.99. The van der Waals surface area contributed by atoms with Crippen molar-refractivity contribution in [3.8, 4) is 22.6 Å². The second kappa shape index (κ2) is 8.80. The van der Waals surface area contributed by atoms with E-state index in [-0.39, 0.29) is 11.6 Å². The van der Waals surface area contributed by atoms with Crippen molar-refractivity contribution in [3.63, 3.8) is 0 Å². The lowest BCUT2D eigenvalue weighted by molar-refractivity contribution is 0.0997. The molecule has 35 heavy (non-hydrogen) atoms. The number of benzene rings is 2. The van der Waals surface area contributed by atoms with E-state index in [1.165, 1.54) is 5.69 Å². The van der Waals surface area contributed by atoms with Crippen LogP contribution in [0.5, 0.6) is 11.5 Å². The lowest BCUT2D eigenvalue weighted by Crippen LogP contribution is -2.50. The van der Waals surface area contributed by atoms with E-state index in [1.807, 2.05) is 75.4 Å². The van der Waals surface area contributed by atoms with Gasteiger partial charge < -0.3 is 25.3 Å². The Balaban J connectivity index is 1.51. The summed E-state index contributed by atoms with van der Waals surface area (Å²) in [6, 6.07) is 17.3. The molecule has 3 amide bonds. The smallest absolute Gasteiger partial charge is 0.318 e. The van der Waals surface area contributed by atoms with Crippen LogP contribution in [0.1, 0.15) is 61.3 Å². The number of carbonyl (C=O) groups excluding carboxylic acids is 2. The fraction of sp³-hybridized carbons (Fsp3) is 0.357. The second-order valence-electron chi connectivity index (χ2n) is 10.4. The molecule has 5 rings (SSSR count). The Morgan fingerprint density at radius 1 is 0.971 bits per heavy atom. The van der Waals surface area contributed by atoms with Gasteiger partial charge in [0.15, 0.2) is 0 Å². The summed E-state index contributed by atoms with van der Waals surface area (Å²) in [7, 11) is 0. The largest absolute Gasteiger partial charge is 0.457 e. The molecule has 7 nitrogen and oxygen atoms in total. The lowest BCUT2D eigenvalue weighted by atomic mass is 9.97. The summed E-state index contributed by atoms with van der Waals surface area (Å²) in [4.78, 5) is 27.4. The van der Waals surface area contributed by atoms with E-state index < -0.39 is 5.91 Å². The first-order chi connectivity index (χ1) is 16.7. The van der Waals surface area contributed by atoms with Crippen LogP contribution in [-0.4, -0.2) is 33.5 Å². The van der Waals surface area contributed by atoms with Crippen LogP contribution in [0, 0.1) is 0 Å². The minimum atomic E-state index is -0.460. The molecule has 3 aromatic rings. The molecule has 3 N–H and O–H groups in total. The van der Waals surface area contributed by atoms with Crippen molar-refractivity contribution >= 4 is 11.9 Å². The summed E-state index contributed by atoms with van der Waals surface area (Å²) >= 11 is 0. The van der Waals surface area contributed by atoms with Gasteiger partial charge in [-0.25, -0.2) is 4.79 Å². The Kier molecular flexibility index (Phi) is 5.79. The zero-order valence-electron chi connectivity index (χ0n) is 20.5. The summed E-state index contributed by atoms with van der Waals surface area (Å²) in [6.07, 6.45) is 2.19. The Morgan fingerprint density at radius 2 is 1.63 bits per heavy atom. The van der Waals surface area contributed by atoms with E-state index in [0.717, 1.165) is 41.2 Å². The second-order valence-corrected chi connectivity index (χ2v) is 10.4. The Labute approximate surface area is 205 Å². The standard InChI is InChI=1S/C28H32N4O3/c1-28(2,3)30-27(34)31-15-16-32-22(17-31)24(26(29)33)23(25(32)19-9-10-19)18-11-13-21(14-12-18)35-20-7-5-4-6-8-20/h4-8,11-14,19H,9-10,15-17H2,1-3H3,(H2,29,33)(H,30,34). The van der Waals surface area contributed by atoms with Crippen molar-refractivity contribution in [2.45, 2.75) is 58.2 Å². The normalized spacial score (nSPS) is 15.5. The first kappa shape index (κ1) is 23.0. The minimum absolute atomic E-state index is 0.127. The van der Waals surface area contributed by atoms with Gasteiger partial charge in [-0.2, -0.15) is 0 Å². The molecule has 0 saturated heterocycles. The number of nitrogens with zero attached hydrogens (tertiary/aromatic N) is 2. The fourth-order valence-electron chi connectivity index (χ4n) is 4.81. The molecule has 2 aliphatic rings. The maximum atomic E-state index is 12.9. The van der Waals surface area contributed by atoms with Gasteiger partial charge in [0.05, 0.1) is 17.8 Å². The van der Waals surface area contributed by atoms with Crippen molar-refractivity contribution in [3.05, 3.63) is 71.5 Å². The molecule has 0 radical (unpaired) electrons. The van der Waals surface area contributed by atoms with Gasteiger partial charge in [-0.05, 0) is 69.4 Å². The first-order valence-corrected chi connectivity index (χ1v) is 12.2. The average Bonchev–Trinajstić information content (AvgIpc) is 3.59. The fourth-order valence-corrected chi connectivity index (χ4v) is 4.81. The number of ether oxygens (including phenoxy) is 1. The number of aromatic nitrogens is 1. The number of fused-ring (bicyclic) bond motifs is 1. The van der Waals surface area contributed by atoms with Crippen molar-refractivity contribution in [1.29, 1.82) is 0 Å². The molecule has 1 fully saturated rings. The number of primary amides is 1. The number of rotatable bonds is 5. The Morgan fingerprint density at radius 3 is 2.23 bits per heavy atom. The van der Waals surface area contributed by atoms with Gasteiger partial charge in [-0.15, -0.1) is 0 Å². The van der Waals surface area contributed by atoms with E-state index in [9.17, 15) is 9.59 Å². The van der Waals surface area contributed by atoms with Crippen molar-refractivity contribution in [2.75, 3.05) is 6.54 Å². The van der Waals surface area contributed by atoms with Crippen LogP contribution in [0.2, 0.25) is 0 Å². The number of hydrogen-bond acceptors (Lipinski definition) is 3. The summed E-state index contributed by atoms with van der Waals surface area (Å²) in [5.74, 6) is 1.44. The highest BCUT2D eigenvalue weighted by molar-refractivity contribution is 6.02. The highest BCUT2D eigenvalue weighted by Gasteiger charge is 2.38. The molecule has 7 heteroatoms. The van der Waals surface area contributed by atoms with Crippen LogP contribution in [0.25, 0.3) is 11.1 Å². The third-order valence-electron chi connectivity index (χ3n) is 6.45. The van der Waals surface area contributed by atoms with E-state index in [2.05, 4.69) is 9.88 Å². The van der Waals surface area contributed by atoms with Crippen molar-refractivity contribution in [2.24, 2.45) is 5.73 Å². The van der Waals surface area contributed by atoms with E-state index in [1.54, 1.807) is 4.90 Å². The van der Waals surface area contributed by atoms with Gasteiger partial charge in [-0.1, -0.05) is 30.3 Å². The third-order valence-corrected chi connectivity index (χ3v) is 6.45. The van der Waals surface area contributed by atoms with Crippen LogP contribution in [-0.2, 0) is 13.1 Å². The van der Waals surface area contributed by atoms with Crippen LogP contribution >= 0.6 is 0 Å². The van der Waals surface area contributed by atoms with Gasteiger partial charge in [0, 0.05) is 29.9 Å². The number of para-hydroxylation sites is 1. The SMILES string of the molecule is CC(C)(C)NC(=O)N1CCn2c(c(C(N)=O)c(-c3ccc(Oc4ccccc4)cc3)c2C2CC2)C1. The molecule has 1 aromatic heterocycles. The lowest BCUT2D eigenvalue weighted by Gasteiger charge is -2.33. The maximum Gasteiger partial charge on any atom is 0.318 e. The molecule has 0 spiro atoms. The zero-order valence-corrected chi connectivity index (χ0v) is 20.5. The molecule has 1 saturated carbocycles. The maximum absolute atomic E-state index is 12.9. The predicted octanol–water partition coefficient (Wildman–Crippen LogP) is 5.25. The highest BCUT2D eigenvalue weighted by atomic mass is 16.5.